The first-order valence-corrected chi connectivity index (χ1v) is 11.5. The zero-order valence-corrected chi connectivity index (χ0v) is 19.4. The van der Waals surface area contributed by atoms with Crippen LogP contribution in [0.4, 0.5) is 5.82 Å². The lowest BCUT2D eigenvalue weighted by Gasteiger charge is -2.13. The highest BCUT2D eigenvalue weighted by molar-refractivity contribution is 5.81. The Hall–Kier alpha value is -3.32. The van der Waals surface area contributed by atoms with Gasteiger partial charge >= 0.3 is 0 Å². The van der Waals surface area contributed by atoms with Gasteiger partial charge in [0.15, 0.2) is 0 Å². The summed E-state index contributed by atoms with van der Waals surface area (Å²) in [7, 11) is 0. The Bertz CT molecular complexity index is 1080. The zero-order valence-electron chi connectivity index (χ0n) is 19.4. The van der Waals surface area contributed by atoms with Crippen molar-refractivity contribution in [1.29, 1.82) is 5.26 Å². The molecule has 0 atom stereocenters. The van der Waals surface area contributed by atoms with Crippen LogP contribution in [-0.4, -0.2) is 11.6 Å². The molecule has 0 amide bonds. The van der Waals surface area contributed by atoms with Crippen LogP contribution >= 0.6 is 0 Å². The van der Waals surface area contributed by atoms with Crippen LogP contribution in [0.15, 0.2) is 48.5 Å². The molecule has 2 aromatic carbocycles. The highest BCUT2D eigenvalue weighted by Crippen LogP contribution is 2.33. The van der Waals surface area contributed by atoms with Crippen molar-refractivity contribution in [2.75, 3.05) is 12.3 Å². The minimum Gasteiger partial charge on any atom is -0.494 e. The fraction of sp³-hybridized carbons (Fsp3) is 0.357. The SMILES string of the molecule is CCCCCCCCOc1ccc(-c2cc(-c3ccc(C)cc3C)nc(N)c2C#N)cc1. The van der Waals surface area contributed by atoms with E-state index >= 15 is 0 Å². The van der Waals surface area contributed by atoms with Gasteiger partial charge in [0.05, 0.1) is 12.3 Å². The number of hydrogen-bond acceptors (Lipinski definition) is 4. The summed E-state index contributed by atoms with van der Waals surface area (Å²) < 4.78 is 5.90. The minimum atomic E-state index is 0.253. The average molecular weight is 428 g/mol. The van der Waals surface area contributed by atoms with Crippen molar-refractivity contribution < 1.29 is 4.74 Å². The van der Waals surface area contributed by atoms with Crippen LogP contribution < -0.4 is 10.5 Å². The smallest absolute Gasteiger partial charge is 0.142 e. The van der Waals surface area contributed by atoms with Crippen molar-refractivity contribution in [1.82, 2.24) is 4.98 Å². The Kier molecular flexibility index (Phi) is 8.27. The summed E-state index contributed by atoms with van der Waals surface area (Å²) in [5.41, 5.74) is 12.4. The largest absolute Gasteiger partial charge is 0.494 e. The predicted molar refractivity (Wildman–Crippen MR) is 133 cm³/mol. The van der Waals surface area contributed by atoms with E-state index < -0.39 is 0 Å². The molecule has 166 valence electrons. The van der Waals surface area contributed by atoms with Crippen molar-refractivity contribution in [3.63, 3.8) is 0 Å². The van der Waals surface area contributed by atoms with Crippen molar-refractivity contribution in [2.45, 2.75) is 59.3 Å². The molecular weight excluding hydrogens is 394 g/mol. The van der Waals surface area contributed by atoms with Crippen LogP contribution in [-0.2, 0) is 0 Å². The van der Waals surface area contributed by atoms with Crippen molar-refractivity contribution >= 4 is 5.82 Å². The summed E-state index contributed by atoms with van der Waals surface area (Å²) in [4.78, 5) is 4.52. The van der Waals surface area contributed by atoms with Crippen LogP contribution in [0.1, 0.15) is 62.1 Å². The lowest BCUT2D eigenvalue weighted by Crippen LogP contribution is -2.01. The maximum absolute atomic E-state index is 9.69. The van der Waals surface area contributed by atoms with E-state index in [2.05, 4.69) is 50.0 Å². The standard InChI is InChI=1S/C28H33N3O/c1-4-5-6-7-8-9-16-32-23-13-11-22(12-14-23)25-18-27(31-28(30)26(25)19-29)24-15-10-20(2)17-21(24)3/h10-15,17-18H,4-9,16H2,1-3H3,(H2,30,31). The first-order valence-electron chi connectivity index (χ1n) is 11.5. The maximum Gasteiger partial charge on any atom is 0.142 e. The monoisotopic (exact) mass is 427 g/mol. The van der Waals surface area contributed by atoms with Gasteiger partial charge in [-0.3, -0.25) is 0 Å². The van der Waals surface area contributed by atoms with Gasteiger partial charge in [-0.2, -0.15) is 5.26 Å². The van der Waals surface area contributed by atoms with Gasteiger partial charge in [-0.15, -0.1) is 0 Å². The van der Waals surface area contributed by atoms with Gasteiger partial charge in [0, 0.05) is 11.1 Å². The predicted octanol–water partition coefficient (Wildman–Crippen LogP) is 7.23. The Morgan fingerprint density at radius 3 is 2.31 bits per heavy atom. The molecule has 0 bridgehead atoms. The van der Waals surface area contributed by atoms with E-state index in [9.17, 15) is 5.26 Å². The quantitative estimate of drug-likeness (QED) is 0.347. The number of unbranched alkanes of at least 4 members (excludes halogenated alkanes) is 5. The Morgan fingerprint density at radius 1 is 0.906 bits per heavy atom. The number of benzene rings is 2. The summed E-state index contributed by atoms with van der Waals surface area (Å²) in [6, 6.07) is 18.3. The Morgan fingerprint density at radius 2 is 1.62 bits per heavy atom. The molecule has 32 heavy (non-hydrogen) atoms. The van der Waals surface area contributed by atoms with Gasteiger partial charge in [0.25, 0.3) is 0 Å². The molecule has 0 aliphatic heterocycles. The lowest BCUT2D eigenvalue weighted by molar-refractivity contribution is 0.304. The molecule has 0 aliphatic carbocycles. The van der Waals surface area contributed by atoms with E-state index in [1.54, 1.807) is 0 Å². The lowest BCUT2D eigenvalue weighted by atomic mass is 9.96. The second-order valence-corrected chi connectivity index (χ2v) is 8.39. The maximum atomic E-state index is 9.69. The van der Waals surface area contributed by atoms with E-state index in [1.807, 2.05) is 30.3 Å². The summed E-state index contributed by atoms with van der Waals surface area (Å²) in [6.45, 7) is 7.10. The molecule has 0 unspecified atom stereocenters. The molecule has 0 saturated carbocycles. The van der Waals surface area contributed by atoms with Gasteiger partial charge in [-0.05, 0) is 49.6 Å². The molecule has 0 fully saturated rings. The van der Waals surface area contributed by atoms with Crippen molar-refractivity contribution in [3.05, 3.63) is 65.2 Å². The molecule has 0 aliphatic rings. The summed E-state index contributed by atoms with van der Waals surface area (Å²) in [6.07, 6.45) is 7.46. The Balaban J connectivity index is 1.77. The molecule has 2 N–H and O–H groups in total. The number of anilines is 1. The van der Waals surface area contributed by atoms with Gasteiger partial charge in [-0.1, -0.05) is 74.9 Å². The van der Waals surface area contributed by atoms with Crippen molar-refractivity contribution in [2.24, 2.45) is 0 Å². The molecule has 3 rings (SSSR count). The number of aryl methyl sites for hydroxylation is 2. The van der Waals surface area contributed by atoms with Gasteiger partial charge < -0.3 is 10.5 Å². The van der Waals surface area contributed by atoms with Crippen LogP contribution in [0.3, 0.4) is 0 Å². The minimum absolute atomic E-state index is 0.253. The summed E-state index contributed by atoms with van der Waals surface area (Å²) in [5, 5.41) is 9.69. The van der Waals surface area contributed by atoms with Gasteiger partial charge in [0.1, 0.15) is 23.2 Å². The number of rotatable bonds is 10. The zero-order chi connectivity index (χ0) is 22.9. The topological polar surface area (TPSA) is 71.9 Å². The highest BCUT2D eigenvalue weighted by atomic mass is 16.5. The van der Waals surface area contributed by atoms with Gasteiger partial charge in [-0.25, -0.2) is 4.98 Å². The van der Waals surface area contributed by atoms with Crippen molar-refractivity contribution in [3.8, 4) is 34.2 Å². The molecule has 0 spiro atoms. The number of nitrogens with zero attached hydrogens (tertiary/aromatic N) is 2. The second kappa shape index (κ2) is 11.3. The van der Waals surface area contributed by atoms with Gasteiger partial charge in [0.2, 0.25) is 0 Å². The molecule has 1 heterocycles. The summed E-state index contributed by atoms with van der Waals surface area (Å²) >= 11 is 0. The molecular formula is C28H33N3O. The normalized spacial score (nSPS) is 10.7. The number of nitriles is 1. The van der Waals surface area contributed by atoms with Crippen LogP contribution in [0.25, 0.3) is 22.4 Å². The molecule has 1 aromatic heterocycles. The molecule has 0 saturated heterocycles. The molecule has 0 radical (unpaired) electrons. The molecule has 4 nitrogen and oxygen atoms in total. The third kappa shape index (κ3) is 5.88. The van der Waals surface area contributed by atoms with Crippen LogP contribution in [0.2, 0.25) is 0 Å². The van der Waals surface area contributed by atoms with Crippen LogP contribution in [0, 0.1) is 25.2 Å². The first-order chi connectivity index (χ1) is 15.5. The van der Waals surface area contributed by atoms with E-state index in [1.165, 1.54) is 37.7 Å². The summed E-state index contributed by atoms with van der Waals surface area (Å²) in [5.74, 6) is 1.10. The second-order valence-electron chi connectivity index (χ2n) is 8.39. The Labute approximate surface area is 192 Å². The van der Waals surface area contributed by atoms with E-state index in [-0.39, 0.29) is 5.82 Å². The molecule has 4 heteroatoms. The number of hydrogen-bond donors (Lipinski definition) is 1. The number of pyridine rings is 1. The third-order valence-corrected chi connectivity index (χ3v) is 5.75. The first kappa shape index (κ1) is 23.3. The number of aromatic nitrogens is 1. The van der Waals surface area contributed by atoms with E-state index in [0.717, 1.165) is 46.7 Å². The third-order valence-electron chi connectivity index (χ3n) is 5.75. The highest BCUT2D eigenvalue weighted by Gasteiger charge is 2.14. The average Bonchev–Trinajstić information content (AvgIpc) is 2.78. The number of nitrogens with two attached hydrogens (primary N) is 1. The van der Waals surface area contributed by atoms with E-state index in [0.29, 0.717) is 5.56 Å². The fourth-order valence-corrected chi connectivity index (χ4v) is 3.95. The molecule has 3 aromatic rings. The number of ether oxygens (including phenoxy) is 1. The van der Waals surface area contributed by atoms with Crippen LogP contribution in [0.5, 0.6) is 5.75 Å². The fourth-order valence-electron chi connectivity index (χ4n) is 3.95. The number of nitrogen functional groups attached to an aromatic ring is 1. The van der Waals surface area contributed by atoms with E-state index in [4.69, 9.17) is 10.5 Å².